The monoisotopic (exact) mass is 961 g/mol. The second kappa shape index (κ2) is 53.2. The summed E-state index contributed by atoms with van der Waals surface area (Å²) in [5, 5.41) is 0. The molecule has 0 amide bonds. The van der Waals surface area contributed by atoms with Crippen LogP contribution in [0.2, 0.25) is 0 Å². The third-order valence-electron chi connectivity index (χ3n) is 14.1. The summed E-state index contributed by atoms with van der Waals surface area (Å²) in [7, 11) is 0. The molecule has 0 aromatic heterocycles. The number of unbranched alkanes of at least 4 members (excludes halogenated alkanes) is 38. The van der Waals surface area contributed by atoms with Gasteiger partial charge in [-0.1, -0.05) is 305 Å². The lowest BCUT2D eigenvalue weighted by molar-refractivity contribution is -0.167. The Labute approximate surface area is 425 Å². The Morgan fingerprint density at radius 2 is 0.426 bits per heavy atom. The summed E-state index contributed by atoms with van der Waals surface area (Å²) in [4.78, 5) is 38.2. The molecule has 0 heterocycles. The van der Waals surface area contributed by atoms with Gasteiger partial charge in [-0.25, -0.2) is 0 Å². The van der Waals surface area contributed by atoms with Crippen LogP contribution in [0.1, 0.15) is 343 Å². The highest BCUT2D eigenvalue weighted by atomic mass is 16.6. The van der Waals surface area contributed by atoms with E-state index in [0.717, 1.165) is 75.5 Å². The minimum Gasteiger partial charge on any atom is -0.462 e. The molecule has 404 valence electrons. The van der Waals surface area contributed by atoms with Crippen LogP contribution in [0.25, 0.3) is 0 Å². The van der Waals surface area contributed by atoms with Crippen molar-refractivity contribution in [3.8, 4) is 0 Å². The number of carbonyl (C=O) groups excluding carboxylic acids is 3. The first-order chi connectivity index (χ1) is 33.1. The second-order valence-corrected chi connectivity index (χ2v) is 22.8. The maximum absolute atomic E-state index is 12.9. The summed E-state index contributed by atoms with van der Waals surface area (Å²) < 4.78 is 16.9. The van der Waals surface area contributed by atoms with Gasteiger partial charge in [0.05, 0.1) is 0 Å². The van der Waals surface area contributed by atoms with Crippen molar-refractivity contribution in [2.75, 3.05) is 13.2 Å². The summed E-state index contributed by atoms with van der Waals surface area (Å²) in [5.41, 5.74) is 0. The van der Waals surface area contributed by atoms with E-state index >= 15 is 0 Å². The van der Waals surface area contributed by atoms with Crippen molar-refractivity contribution >= 4 is 17.9 Å². The lowest BCUT2D eigenvalue weighted by atomic mass is 10.0. The van der Waals surface area contributed by atoms with E-state index in [-0.39, 0.29) is 31.1 Å². The standard InChI is InChI=1S/C62H120O6/c1-56(2)48-42-36-30-24-18-12-8-7-9-14-21-27-33-39-45-51-60(63)66-54-59(55-67-61(64)52-46-40-34-28-22-17-16-20-26-32-38-44-50-58(5)6)68-62(65)53-47-41-35-29-23-15-11-10-13-19-25-31-37-43-49-57(3)4/h56-59H,7-55H2,1-6H3/t59-/m1/s1. The van der Waals surface area contributed by atoms with E-state index in [9.17, 15) is 14.4 Å². The Bertz CT molecular complexity index is 1050. The van der Waals surface area contributed by atoms with Crippen molar-refractivity contribution in [1.29, 1.82) is 0 Å². The van der Waals surface area contributed by atoms with E-state index in [1.54, 1.807) is 0 Å². The second-order valence-electron chi connectivity index (χ2n) is 22.8. The number of hydrogen-bond donors (Lipinski definition) is 0. The Balaban J connectivity index is 4.30. The summed E-state index contributed by atoms with van der Waals surface area (Å²) in [6.07, 6.45) is 56.7. The number of carbonyl (C=O) groups is 3. The molecule has 0 aromatic carbocycles. The fraction of sp³-hybridized carbons (Fsp3) is 0.952. The first-order valence-corrected chi connectivity index (χ1v) is 30.6. The average molecular weight is 962 g/mol. The van der Waals surface area contributed by atoms with Gasteiger partial charge in [0.2, 0.25) is 0 Å². The summed E-state index contributed by atoms with van der Waals surface area (Å²) in [5.74, 6) is 1.69. The minimum atomic E-state index is -0.764. The molecule has 0 aliphatic heterocycles. The molecule has 0 fully saturated rings. The molecule has 6 nitrogen and oxygen atoms in total. The van der Waals surface area contributed by atoms with Crippen LogP contribution in [0.3, 0.4) is 0 Å². The summed E-state index contributed by atoms with van der Waals surface area (Å²) >= 11 is 0. The van der Waals surface area contributed by atoms with E-state index in [1.165, 1.54) is 225 Å². The molecule has 6 heteroatoms. The molecule has 0 saturated carbocycles. The van der Waals surface area contributed by atoms with Gasteiger partial charge in [0.1, 0.15) is 13.2 Å². The van der Waals surface area contributed by atoms with Crippen LogP contribution >= 0.6 is 0 Å². The topological polar surface area (TPSA) is 78.9 Å². The molecule has 0 rings (SSSR count). The predicted octanol–water partition coefficient (Wildman–Crippen LogP) is 20.3. The Morgan fingerprint density at radius 1 is 0.250 bits per heavy atom. The lowest BCUT2D eigenvalue weighted by Crippen LogP contribution is -2.30. The normalized spacial score (nSPS) is 12.1. The van der Waals surface area contributed by atoms with Gasteiger partial charge >= 0.3 is 17.9 Å². The van der Waals surface area contributed by atoms with Gasteiger partial charge in [0.25, 0.3) is 0 Å². The van der Waals surface area contributed by atoms with Crippen molar-refractivity contribution in [2.45, 2.75) is 349 Å². The van der Waals surface area contributed by atoms with Crippen molar-refractivity contribution in [2.24, 2.45) is 17.8 Å². The lowest BCUT2D eigenvalue weighted by Gasteiger charge is -2.18. The molecule has 0 aromatic rings. The molecule has 0 radical (unpaired) electrons. The van der Waals surface area contributed by atoms with Crippen molar-refractivity contribution in [3.63, 3.8) is 0 Å². The molecule has 0 unspecified atom stereocenters. The zero-order valence-corrected chi connectivity index (χ0v) is 46.9. The third-order valence-corrected chi connectivity index (χ3v) is 14.1. The average Bonchev–Trinajstić information content (AvgIpc) is 3.30. The van der Waals surface area contributed by atoms with E-state index in [1.807, 2.05) is 0 Å². The predicted molar refractivity (Wildman–Crippen MR) is 293 cm³/mol. The van der Waals surface area contributed by atoms with E-state index < -0.39 is 6.10 Å². The molecule has 0 bridgehead atoms. The number of hydrogen-bond acceptors (Lipinski definition) is 6. The highest BCUT2D eigenvalue weighted by molar-refractivity contribution is 5.71. The maximum atomic E-state index is 12.9. The van der Waals surface area contributed by atoms with Gasteiger partial charge in [0, 0.05) is 19.3 Å². The van der Waals surface area contributed by atoms with Crippen LogP contribution in [0.5, 0.6) is 0 Å². The fourth-order valence-electron chi connectivity index (χ4n) is 9.53. The number of ether oxygens (including phenoxy) is 3. The molecule has 0 aliphatic rings. The summed E-state index contributed by atoms with van der Waals surface area (Å²) in [6, 6.07) is 0. The van der Waals surface area contributed by atoms with E-state index in [2.05, 4.69) is 41.5 Å². The minimum absolute atomic E-state index is 0.0629. The smallest absolute Gasteiger partial charge is 0.306 e. The van der Waals surface area contributed by atoms with Crippen molar-refractivity contribution < 1.29 is 28.6 Å². The van der Waals surface area contributed by atoms with Gasteiger partial charge < -0.3 is 14.2 Å². The SMILES string of the molecule is CC(C)CCCCCCCCCCCCCCCCCC(=O)OC[C@H](COC(=O)CCCCCCCCCCCCCCC(C)C)OC(=O)CCCCCCCCCCCCCCCCC(C)C. The zero-order valence-electron chi connectivity index (χ0n) is 46.9. The van der Waals surface area contributed by atoms with Crippen LogP contribution in [-0.2, 0) is 28.6 Å². The maximum Gasteiger partial charge on any atom is 0.306 e. The van der Waals surface area contributed by atoms with Crippen molar-refractivity contribution in [1.82, 2.24) is 0 Å². The van der Waals surface area contributed by atoms with Gasteiger partial charge in [0.15, 0.2) is 6.10 Å². The number of rotatable bonds is 55. The molecule has 0 N–H and O–H groups in total. The molecule has 0 aliphatic carbocycles. The van der Waals surface area contributed by atoms with Crippen LogP contribution in [0, 0.1) is 17.8 Å². The molecular formula is C62H120O6. The summed E-state index contributed by atoms with van der Waals surface area (Å²) in [6.45, 7) is 13.8. The van der Waals surface area contributed by atoms with Gasteiger partial charge in [-0.05, 0) is 37.0 Å². The molecule has 0 saturated heterocycles. The first-order valence-electron chi connectivity index (χ1n) is 30.6. The molecule has 68 heavy (non-hydrogen) atoms. The quantitative estimate of drug-likeness (QED) is 0.0343. The van der Waals surface area contributed by atoms with Gasteiger partial charge in [-0.2, -0.15) is 0 Å². The Morgan fingerprint density at radius 3 is 0.632 bits per heavy atom. The van der Waals surface area contributed by atoms with E-state index in [4.69, 9.17) is 14.2 Å². The molecular weight excluding hydrogens is 841 g/mol. The van der Waals surface area contributed by atoms with Crippen LogP contribution in [0.15, 0.2) is 0 Å². The van der Waals surface area contributed by atoms with Crippen LogP contribution in [0.4, 0.5) is 0 Å². The Hall–Kier alpha value is -1.59. The highest BCUT2D eigenvalue weighted by Gasteiger charge is 2.19. The van der Waals surface area contributed by atoms with Crippen molar-refractivity contribution in [3.05, 3.63) is 0 Å². The zero-order chi connectivity index (χ0) is 49.8. The Kier molecular flexibility index (Phi) is 52.0. The first kappa shape index (κ1) is 66.4. The molecule has 0 spiro atoms. The third kappa shape index (κ3) is 55.3. The van der Waals surface area contributed by atoms with Gasteiger partial charge in [-0.3, -0.25) is 14.4 Å². The molecule has 1 atom stereocenters. The highest BCUT2D eigenvalue weighted by Crippen LogP contribution is 2.19. The largest absolute Gasteiger partial charge is 0.462 e. The fourth-order valence-corrected chi connectivity index (χ4v) is 9.53. The van der Waals surface area contributed by atoms with Gasteiger partial charge in [-0.15, -0.1) is 0 Å². The van der Waals surface area contributed by atoms with E-state index in [0.29, 0.717) is 19.3 Å². The van der Waals surface area contributed by atoms with Crippen LogP contribution in [-0.4, -0.2) is 37.2 Å². The van der Waals surface area contributed by atoms with Crippen LogP contribution < -0.4 is 0 Å². The number of esters is 3.